The molecule has 0 amide bonds. The van der Waals surface area contributed by atoms with E-state index in [2.05, 4.69) is 22.1 Å². The van der Waals surface area contributed by atoms with Crippen molar-refractivity contribution >= 4 is 17.4 Å². The van der Waals surface area contributed by atoms with Crippen molar-refractivity contribution in [1.82, 2.24) is 15.0 Å². The first kappa shape index (κ1) is 12.1. The average Bonchev–Trinajstić information content (AvgIpc) is 2.79. The summed E-state index contributed by atoms with van der Waals surface area (Å²) in [7, 11) is 0. The molecular weight excluding hydrogens is 250 g/mol. The molecule has 1 N–H and O–H groups in total. The van der Waals surface area contributed by atoms with Gasteiger partial charge in [0.15, 0.2) is 5.82 Å². The van der Waals surface area contributed by atoms with E-state index < -0.39 is 0 Å². The lowest BCUT2D eigenvalue weighted by Crippen LogP contribution is -2.01. The lowest BCUT2D eigenvalue weighted by atomic mass is 10.3. The fourth-order valence-corrected chi connectivity index (χ4v) is 1.57. The molecule has 0 saturated heterocycles. The van der Waals surface area contributed by atoms with Gasteiger partial charge in [0.2, 0.25) is 5.69 Å². The maximum absolute atomic E-state index is 8.97. The molecule has 1 aromatic heterocycles. The number of nitriles is 1. The molecule has 90 valence electrons. The molecule has 6 heteroatoms. The van der Waals surface area contributed by atoms with Crippen molar-refractivity contribution in [2.45, 2.75) is 0 Å². The average molecular weight is 260 g/mol. The van der Waals surface area contributed by atoms with Crippen LogP contribution in [0, 0.1) is 11.3 Å². The molecule has 0 aliphatic rings. The Bertz CT molecular complexity index is 611. The van der Waals surface area contributed by atoms with Gasteiger partial charge in [0.1, 0.15) is 6.07 Å². The van der Waals surface area contributed by atoms with E-state index in [-0.39, 0.29) is 5.69 Å². The predicted octanol–water partition coefficient (Wildman–Crippen LogP) is 2.39. The van der Waals surface area contributed by atoms with Crippen molar-refractivity contribution in [2.75, 3.05) is 11.9 Å². The molecule has 0 saturated carbocycles. The first-order chi connectivity index (χ1) is 8.74. The van der Waals surface area contributed by atoms with E-state index in [0.29, 0.717) is 23.1 Å². The normalized spacial score (nSPS) is 9.78. The first-order valence-corrected chi connectivity index (χ1v) is 5.60. The number of hydrogen-bond donors (Lipinski definition) is 1. The summed E-state index contributed by atoms with van der Waals surface area (Å²) >= 11 is 5.90. The summed E-state index contributed by atoms with van der Waals surface area (Å²) in [4.78, 5) is 1.37. The summed E-state index contributed by atoms with van der Waals surface area (Å²) in [6.45, 7) is 4.11. The van der Waals surface area contributed by atoms with Gasteiger partial charge in [-0.3, -0.25) is 0 Å². The van der Waals surface area contributed by atoms with Gasteiger partial charge in [0.05, 0.1) is 5.69 Å². The number of nitrogens with one attached hydrogen (secondary N) is 1. The fraction of sp³-hybridized carbons (Fsp3) is 0.0833. The summed E-state index contributed by atoms with van der Waals surface area (Å²) in [5, 5.41) is 20.8. The highest BCUT2D eigenvalue weighted by molar-refractivity contribution is 6.30. The minimum Gasteiger partial charge on any atom is -0.363 e. The maximum atomic E-state index is 8.97. The predicted molar refractivity (Wildman–Crippen MR) is 69.8 cm³/mol. The van der Waals surface area contributed by atoms with Crippen LogP contribution in [-0.2, 0) is 0 Å². The Morgan fingerprint density at radius 1 is 1.50 bits per heavy atom. The first-order valence-electron chi connectivity index (χ1n) is 5.22. The Labute approximate surface area is 109 Å². The topological polar surface area (TPSA) is 66.5 Å². The molecule has 1 heterocycles. The smallest absolute Gasteiger partial charge is 0.207 e. The third kappa shape index (κ3) is 2.50. The van der Waals surface area contributed by atoms with Crippen LogP contribution in [0.5, 0.6) is 0 Å². The monoisotopic (exact) mass is 259 g/mol. The van der Waals surface area contributed by atoms with Gasteiger partial charge in [-0.1, -0.05) is 23.7 Å². The van der Waals surface area contributed by atoms with Crippen molar-refractivity contribution < 1.29 is 0 Å². The Balaban J connectivity index is 2.38. The maximum Gasteiger partial charge on any atom is 0.207 e. The van der Waals surface area contributed by atoms with Gasteiger partial charge < -0.3 is 5.32 Å². The van der Waals surface area contributed by atoms with Crippen LogP contribution in [0.1, 0.15) is 5.69 Å². The fourth-order valence-electron chi connectivity index (χ4n) is 1.39. The van der Waals surface area contributed by atoms with Crippen LogP contribution in [-0.4, -0.2) is 21.5 Å². The molecule has 0 fully saturated rings. The van der Waals surface area contributed by atoms with Crippen molar-refractivity contribution in [2.24, 2.45) is 0 Å². The van der Waals surface area contributed by atoms with Crippen LogP contribution in [0.15, 0.2) is 36.9 Å². The van der Waals surface area contributed by atoms with Crippen LogP contribution >= 0.6 is 11.6 Å². The lowest BCUT2D eigenvalue weighted by Gasteiger charge is -1.99. The molecule has 0 aliphatic heterocycles. The van der Waals surface area contributed by atoms with E-state index in [4.69, 9.17) is 16.9 Å². The molecule has 0 bridgehead atoms. The zero-order valence-corrected chi connectivity index (χ0v) is 10.2. The van der Waals surface area contributed by atoms with Crippen LogP contribution in [0.4, 0.5) is 5.82 Å². The SMILES string of the molecule is C=CCNc1nn(-c2cccc(Cl)c2)nc1C#N. The van der Waals surface area contributed by atoms with E-state index in [9.17, 15) is 0 Å². The summed E-state index contributed by atoms with van der Waals surface area (Å²) < 4.78 is 0. The van der Waals surface area contributed by atoms with E-state index in [1.807, 2.05) is 12.1 Å². The number of rotatable bonds is 4. The van der Waals surface area contributed by atoms with Crippen LogP contribution in [0.25, 0.3) is 5.69 Å². The summed E-state index contributed by atoms with van der Waals surface area (Å²) in [6, 6.07) is 9.07. The number of aromatic nitrogens is 3. The van der Waals surface area contributed by atoms with Crippen molar-refractivity contribution in [3.63, 3.8) is 0 Å². The summed E-state index contributed by atoms with van der Waals surface area (Å²) in [6.07, 6.45) is 1.68. The lowest BCUT2D eigenvalue weighted by molar-refractivity contribution is 0.750. The van der Waals surface area contributed by atoms with Gasteiger partial charge in [-0.15, -0.1) is 21.6 Å². The second kappa shape index (κ2) is 5.34. The zero-order valence-electron chi connectivity index (χ0n) is 9.47. The Morgan fingerprint density at radius 2 is 2.33 bits per heavy atom. The molecule has 1 aromatic carbocycles. The van der Waals surface area contributed by atoms with Gasteiger partial charge in [-0.2, -0.15) is 5.26 Å². The van der Waals surface area contributed by atoms with Crippen LogP contribution in [0.2, 0.25) is 5.02 Å². The van der Waals surface area contributed by atoms with Crippen LogP contribution in [0.3, 0.4) is 0 Å². The minimum atomic E-state index is 0.233. The Morgan fingerprint density at radius 3 is 3.00 bits per heavy atom. The highest BCUT2D eigenvalue weighted by atomic mass is 35.5. The van der Waals surface area contributed by atoms with Crippen molar-refractivity contribution in [3.05, 3.63) is 47.6 Å². The van der Waals surface area contributed by atoms with Crippen molar-refractivity contribution in [3.8, 4) is 11.8 Å². The third-order valence-electron chi connectivity index (χ3n) is 2.17. The number of benzene rings is 1. The second-order valence-electron chi connectivity index (χ2n) is 3.45. The number of hydrogen-bond acceptors (Lipinski definition) is 4. The van der Waals surface area contributed by atoms with Gasteiger partial charge in [-0.05, 0) is 18.2 Å². The molecule has 18 heavy (non-hydrogen) atoms. The standard InChI is InChI=1S/C12H10ClN5/c1-2-6-15-12-11(8-14)16-18(17-12)10-5-3-4-9(13)7-10/h2-5,7H,1,6H2,(H,15,17). The zero-order chi connectivity index (χ0) is 13.0. The molecule has 0 unspecified atom stereocenters. The quantitative estimate of drug-likeness (QED) is 0.856. The van der Waals surface area contributed by atoms with E-state index in [1.54, 1.807) is 24.3 Å². The summed E-state index contributed by atoms with van der Waals surface area (Å²) in [5.74, 6) is 0.428. The van der Waals surface area contributed by atoms with E-state index in [1.165, 1.54) is 4.80 Å². The van der Waals surface area contributed by atoms with Gasteiger partial charge in [0.25, 0.3) is 0 Å². The Kier molecular flexibility index (Phi) is 3.60. The molecule has 0 aliphatic carbocycles. The van der Waals surface area contributed by atoms with Gasteiger partial charge in [-0.25, -0.2) is 0 Å². The molecule has 5 nitrogen and oxygen atoms in total. The molecular formula is C12H10ClN5. The minimum absolute atomic E-state index is 0.233. The number of halogens is 1. The molecule has 0 atom stereocenters. The highest BCUT2D eigenvalue weighted by Crippen LogP contribution is 2.16. The molecule has 0 radical (unpaired) electrons. The molecule has 2 aromatic rings. The van der Waals surface area contributed by atoms with E-state index in [0.717, 1.165) is 0 Å². The van der Waals surface area contributed by atoms with Crippen LogP contribution < -0.4 is 5.32 Å². The second-order valence-corrected chi connectivity index (χ2v) is 3.88. The third-order valence-corrected chi connectivity index (χ3v) is 2.41. The summed E-state index contributed by atoms with van der Waals surface area (Å²) in [5.41, 5.74) is 0.933. The van der Waals surface area contributed by atoms with Crippen molar-refractivity contribution in [1.29, 1.82) is 5.26 Å². The highest BCUT2D eigenvalue weighted by Gasteiger charge is 2.10. The number of nitrogens with zero attached hydrogens (tertiary/aromatic N) is 4. The van der Waals surface area contributed by atoms with Gasteiger partial charge >= 0.3 is 0 Å². The number of anilines is 1. The van der Waals surface area contributed by atoms with Gasteiger partial charge in [0, 0.05) is 11.6 Å². The Hall–Kier alpha value is -2.32. The molecule has 0 spiro atoms. The van der Waals surface area contributed by atoms with E-state index >= 15 is 0 Å². The molecule has 2 rings (SSSR count). The largest absolute Gasteiger partial charge is 0.363 e.